The number of benzene rings is 1. The molecule has 1 rings (SSSR count). The summed E-state index contributed by atoms with van der Waals surface area (Å²) >= 11 is 0. The molecule has 0 amide bonds. The Hall–Kier alpha value is -1.55. The van der Waals surface area contributed by atoms with Crippen molar-refractivity contribution in [3.63, 3.8) is 0 Å². The van der Waals surface area contributed by atoms with Gasteiger partial charge < -0.3 is 14.6 Å². The maximum atomic E-state index is 11.2. The molecule has 0 saturated heterocycles. The van der Waals surface area contributed by atoms with Crippen LogP contribution in [0, 0.1) is 6.92 Å². The second-order valence-corrected chi connectivity index (χ2v) is 3.15. The van der Waals surface area contributed by atoms with Gasteiger partial charge in [0.05, 0.1) is 14.2 Å². The van der Waals surface area contributed by atoms with E-state index in [4.69, 9.17) is 4.74 Å². The summed E-state index contributed by atoms with van der Waals surface area (Å²) < 4.78 is 9.48. The number of hydrogen-bond acceptors (Lipinski definition) is 4. The number of carbonyl (C=O) groups excluding carboxylic acids is 1. The van der Waals surface area contributed by atoms with Crippen LogP contribution >= 0.6 is 0 Å². The van der Waals surface area contributed by atoms with Crippen LogP contribution in [-0.2, 0) is 9.53 Å². The Labute approximate surface area is 88.4 Å². The van der Waals surface area contributed by atoms with E-state index >= 15 is 0 Å². The van der Waals surface area contributed by atoms with Crippen molar-refractivity contribution in [2.75, 3.05) is 14.2 Å². The van der Waals surface area contributed by atoms with Crippen molar-refractivity contribution in [1.29, 1.82) is 0 Å². The van der Waals surface area contributed by atoms with Crippen molar-refractivity contribution in [1.82, 2.24) is 0 Å². The second kappa shape index (κ2) is 4.79. The lowest BCUT2D eigenvalue weighted by atomic mass is 10.0. The summed E-state index contributed by atoms with van der Waals surface area (Å²) in [7, 11) is 2.76. The third-order valence-electron chi connectivity index (χ3n) is 2.21. The van der Waals surface area contributed by atoms with Crippen LogP contribution < -0.4 is 4.74 Å². The second-order valence-electron chi connectivity index (χ2n) is 3.15. The Morgan fingerprint density at radius 1 is 1.40 bits per heavy atom. The number of ether oxygens (including phenoxy) is 2. The van der Waals surface area contributed by atoms with Gasteiger partial charge in [-0.25, -0.2) is 4.79 Å². The lowest BCUT2D eigenvalue weighted by Crippen LogP contribution is -2.14. The Balaban J connectivity index is 3.06. The summed E-state index contributed by atoms with van der Waals surface area (Å²) in [5.41, 5.74) is 1.31. The van der Waals surface area contributed by atoms with Crippen molar-refractivity contribution in [3.05, 3.63) is 29.3 Å². The standard InChI is InChI=1S/C11H14O4/c1-7-4-5-8(14-2)6-9(7)10(12)11(13)15-3/h4-6,10,12H,1-3H3. The van der Waals surface area contributed by atoms with Gasteiger partial charge in [0, 0.05) is 0 Å². The molecule has 1 unspecified atom stereocenters. The number of aliphatic hydroxyl groups is 1. The number of aliphatic hydroxyl groups excluding tert-OH is 1. The van der Waals surface area contributed by atoms with Gasteiger partial charge in [-0.05, 0) is 30.2 Å². The minimum Gasteiger partial charge on any atom is -0.497 e. The largest absolute Gasteiger partial charge is 0.497 e. The summed E-state index contributed by atoms with van der Waals surface area (Å²) in [6, 6.07) is 5.17. The van der Waals surface area contributed by atoms with Crippen LogP contribution in [0.3, 0.4) is 0 Å². The van der Waals surface area contributed by atoms with Gasteiger partial charge in [-0.3, -0.25) is 0 Å². The van der Waals surface area contributed by atoms with E-state index in [-0.39, 0.29) is 0 Å². The van der Waals surface area contributed by atoms with Crippen molar-refractivity contribution >= 4 is 5.97 Å². The third kappa shape index (κ3) is 2.47. The fraction of sp³-hybridized carbons (Fsp3) is 0.364. The quantitative estimate of drug-likeness (QED) is 0.762. The summed E-state index contributed by atoms with van der Waals surface area (Å²) in [4.78, 5) is 11.2. The number of rotatable bonds is 3. The molecular formula is C11H14O4. The van der Waals surface area contributed by atoms with Crippen LogP contribution in [0.5, 0.6) is 5.75 Å². The predicted molar refractivity (Wildman–Crippen MR) is 54.7 cm³/mol. The van der Waals surface area contributed by atoms with E-state index < -0.39 is 12.1 Å². The fourth-order valence-corrected chi connectivity index (χ4v) is 1.28. The highest BCUT2D eigenvalue weighted by Gasteiger charge is 2.20. The molecule has 82 valence electrons. The first-order valence-corrected chi connectivity index (χ1v) is 4.50. The van der Waals surface area contributed by atoms with Crippen molar-refractivity contribution < 1.29 is 19.4 Å². The van der Waals surface area contributed by atoms with Gasteiger partial charge in [0.25, 0.3) is 0 Å². The Kier molecular flexibility index (Phi) is 3.68. The zero-order valence-electron chi connectivity index (χ0n) is 8.98. The number of esters is 1. The topological polar surface area (TPSA) is 55.8 Å². The van der Waals surface area contributed by atoms with E-state index in [0.717, 1.165) is 5.56 Å². The van der Waals surface area contributed by atoms with Gasteiger partial charge in [-0.2, -0.15) is 0 Å². The van der Waals surface area contributed by atoms with Crippen molar-refractivity contribution in [2.45, 2.75) is 13.0 Å². The highest BCUT2D eigenvalue weighted by molar-refractivity contribution is 5.76. The molecule has 0 radical (unpaired) electrons. The molecule has 15 heavy (non-hydrogen) atoms. The van der Waals surface area contributed by atoms with Gasteiger partial charge >= 0.3 is 5.97 Å². The minimum atomic E-state index is -1.26. The highest BCUT2D eigenvalue weighted by atomic mass is 16.5. The van der Waals surface area contributed by atoms with Gasteiger partial charge in [0.2, 0.25) is 0 Å². The Morgan fingerprint density at radius 2 is 2.07 bits per heavy atom. The average Bonchev–Trinajstić information content (AvgIpc) is 2.27. The van der Waals surface area contributed by atoms with Gasteiger partial charge in [-0.1, -0.05) is 6.07 Å². The summed E-state index contributed by atoms with van der Waals surface area (Å²) in [6.07, 6.45) is -1.26. The molecule has 0 aromatic heterocycles. The molecule has 0 aliphatic carbocycles. The molecule has 0 fully saturated rings. The molecular weight excluding hydrogens is 196 g/mol. The molecule has 1 aromatic rings. The van der Waals surface area contributed by atoms with Gasteiger partial charge in [-0.15, -0.1) is 0 Å². The lowest BCUT2D eigenvalue weighted by Gasteiger charge is -2.12. The van der Waals surface area contributed by atoms with E-state index in [1.165, 1.54) is 14.2 Å². The lowest BCUT2D eigenvalue weighted by molar-refractivity contribution is -0.150. The van der Waals surface area contributed by atoms with Crippen LogP contribution in [0.15, 0.2) is 18.2 Å². The molecule has 4 nitrogen and oxygen atoms in total. The molecule has 0 bridgehead atoms. The molecule has 0 heterocycles. The predicted octanol–water partition coefficient (Wildman–Crippen LogP) is 1.21. The van der Waals surface area contributed by atoms with E-state index in [1.807, 2.05) is 0 Å². The first kappa shape index (κ1) is 11.5. The molecule has 0 spiro atoms. The number of methoxy groups -OCH3 is 2. The molecule has 0 aliphatic rings. The van der Waals surface area contributed by atoms with Crippen LogP contribution in [0.1, 0.15) is 17.2 Å². The third-order valence-corrected chi connectivity index (χ3v) is 2.21. The average molecular weight is 210 g/mol. The first-order chi connectivity index (χ1) is 7.10. The summed E-state index contributed by atoms with van der Waals surface area (Å²) in [5, 5.41) is 9.66. The molecule has 4 heteroatoms. The Bertz CT molecular complexity index is 360. The van der Waals surface area contributed by atoms with E-state index in [9.17, 15) is 9.90 Å². The van der Waals surface area contributed by atoms with Gasteiger partial charge in [0.15, 0.2) is 6.10 Å². The SMILES string of the molecule is COC(=O)C(O)c1cc(OC)ccc1C. The zero-order valence-corrected chi connectivity index (χ0v) is 8.98. The van der Waals surface area contributed by atoms with E-state index in [0.29, 0.717) is 11.3 Å². The normalized spacial score (nSPS) is 12.0. The first-order valence-electron chi connectivity index (χ1n) is 4.50. The minimum absolute atomic E-state index is 0.501. The van der Waals surface area contributed by atoms with Crippen molar-refractivity contribution in [2.24, 2.45) is 0 Å². The number of aryl methyl sites for hydroxylation is 1. The zero-order chi connectivity index (χ0) is 11.4. The van der Waals surface area contributed by atoms with Crippen LogP contribution in [0.25, 0.3) is 0 Å². The number of hydrogen-bond donors (Lipinski definition) is 1. The maximum Gasteiger partial charge on any atom is 0.339 e. The monoisotopic (exact) mass is 210 g/mol. The molecule has 0 saturated carbocycles. The van der Waals surface area contributed by atoms with Gasteiger partial charge in [0.1, 0.15) is 5.75 Å². The van der Waals surface area contributed by atoms with Crippen LogP contribution in [0.4, 0.5) is 0 Å². The smallest absolute Gasteiger partial charge is 0.339 e. The number of carbonyl (C=O) groups is 1. The van der Waals surface area contributed by atoms with E-state index in [2.05, 4.69) is 4.74 Å². The summed E-state index contributed by atoms with van der Waals surface area (Å²) in [5.74, 6) is -0.0788. The maximum absolute atomic E-state index is 11.2. The summed E-state index contributed by atoms with van der Waals surface area (Å²) in [6.45, 7) is 1.81. The van der Waals surface area contributed by atoms with E-state index in [1.54, 1.807) is 25.1 Å². The molecule has 1 aromatic carbocycles. The molecule has 0 aliphatic heterocycles. The highest BCUT2D eigenvalue weighted by Crippen LogP contribution is 2.23. The Morgan fingerprint density at radius 3 is 2.60 bits per heavy atom. The van der Waals surface area contributed by atoms with Crippen molar-refractivity contribution in [3.8, 4) is 5.75 Å². The molecule has 1 atom stereocenters. The van der Waals surface area contributed by atoms with Crippen LogP contribution in [-0.4, -0.2) is 25.3 Å². The molecule has 1 N–H and O–H groups in total. The fourth-order valence-electron chi connectivity index (χ4n) is 1.28. The van der Waals surface area contributed by atoms with Crippen LogP contribution in [0.2, 0.25) is 0 Å².